The number of rotatable bonds is 3. The minimum absolute atomic E-state index is 0.285. The van der Waals surface area contributed by atoms with Crippen LogP contribution in [0.15, 0.2) is 29.1 Å². The second kappa shape index (κ2) is 6.32. The van der Waals surface area contributed by atoms with Gasteiger partial charge in [0.2, 0.25) is 5.43 Å². The molecule has 0 saturated carbocycles. The van der Waals surface area contributed by atoms with E-state index in [0.29, 0.717) is 28.4 Å². The molecule has 7 heteroatoms. The van der Waals surface area contributed by atoms with Gasteiger partial charge in [-0.05, 0) is 37.6 Å². The molecule has 0 bridgehead atoms. The highest BCUT2D eigenvalue weighted by Gasteiger charge is 2.16. The summed E-state index contributed by atoms with van der Waals surface area (Å²) < 4.78 is 6.33. The fourth-order valence-electron chi connectivity index (χ4n) is 2.03. The maximum absolute atomic E-state index is 12.2. The lowest BCUT2D eigenvalue weighted by Gasteiger charge is -2.14. The third kappa shape index (κ3) is 3.28. The summed E-state index contributed by atoms with van der Waals surface area (Å²) in [5.41, 5.74) is 1.53. The van der Waals surface area contributed by atoms with Crippen molar-refractivity contribution in [1.29, 1.82) is 0 Å². The van der Waals surface area contributed by atoms with Gasteiger partial charge in [0.1, 0.15) is 0 Å². The van der Waals surface area contributed by atoms with Gasteiger partial charge in [-0.15, -0.1) is 5.10 Å². The Kier molecular flexibility index (Phi) is 4.69. The molecule has 0 amide bonds. The van der Waals surface area contributed by atoms with Crippen LogP contribution in [0.25, 0.3) is 5.69 Å². The summed E-state index contributed by atoms with van der Waals surface area (Å²) in [4.78, 5) is 23.2. The van der Waals surface area contributed by atoms with E-state index in [0.717, 1.165) is 0 Å². The lowest BCUT2D eigenvalue weighted by molar-refractivity contribution is 0.224. The fourth-order valence-corrected chi connectivity index (χ4v) is 2.24. The molecule has 0 radical (unpaired) electrons. The van der Waals surface area contributed by atoms with Crippen molar-refractivity contribution in [3.05, 3.63) is 50.8 Å². The van der Waals surface area contributed by atoms with E-state index < -0.39 is 10.7 Å². The average Bonchev–Trinajstić information content (AvgIpc) is 2.43. The molecular formula is C14H13ClN2O3S. The van der Waals surface area contributed by atoms with Crippen molar-refractivity contribution in [2.75, 3.05) is 0 Å². The Hall–Kier alpha value is -1.79. The van der Waals surface area contributed by atoms with Crippen molar-refractivity contribution in [2.24, 2.45) is 0 Å². The summed E-state index contributed by atoms with van der Waals surface area (Å²) in [7, 11) is 0. The minimum Gasteiger partial charge on any atom is -0.394 e. The first-order valence-electron chi connectivity index (χ1n) is 6.23. The Bertz CT molecular complexity index is 741. The molecular weight excluding hydrogens is 312 g/mol. The van der Waals surface area contributed by atoms with Crippen LogP contribution in [-0.4, -0.2) is 15.1 Å². The quantitative estimate of drug-likeness (QED) is 0.696. The number of ether oxygens (including phenoxy) is 1. The molecule has 0 atom stereocenters. The van der Waals surface area contributed by atoms with E-state index in [4.69, 9.17) is 16.3 Å². The molecule has 1 aromatic heterocycles. The molecule has 0 unspecified atom stereocenters. The van der Waals surface area contributed by atoms with E-state index in [9.17, 15) is 9.59 Å². The molecule has 0 aliphatic carbocycles. The molecule has 2 aromatic rings. The molecule has 0 N–H and O–H groups in total. The van der Waals surface area contributed by atoms with E-state index in [1.807, 2.05) is 6.92 Å². The van der Waals surface area contributed by atoms with Gasteiger partial charge in [0.25, 0.3) is 5.88 Å². The van der Waals surface area contributed by atoms with Crippen LogP contribution in [0, 0.1) is 6.92 Å². The normalized spacial score (nSPS) is 10.5. The molecule has 5 nitrogen and oxygen atoms in total. The number of carbonyl (C=O) groups excluding carboxylic acids is 1. The van der Waals surface area contributed by atoms with Crippen LogP contribution >= 0.6 is 24.2 Å². The number of carbonyl (C=O) groups is 1. The summed E-state index contributed by atoms with van der Waals surface area (Å²) in [6, 6.07) is 6.95. The van der Waals surface area contributed by atoms with E-state index in [1.165, 1.54) is 0 Å². The standard InChI is InChI=1S/C14H13ClN2O3S/c1-3-11-8(2)17(10-6-4-9(15)5-7-10)16-13(12(11)18)20-14(19)21/h4-7H,3H2,1-2H3,(H,19,21). The first-order chi connectivity index (χ1) is 9.93. The van der Waals surface area contributed by atoms with Crippen molar-refractivity contribution >= 4 is 29.5 Å². The largest absolute Gasteiger partial charge is 0.394 e. The van der Waals surface area contributed by atoms with Gasteiger partial charge in [-0.25, -0.2) is 9.48 Å². The van der Waals surface area contributed by atoms with E-state index in [2.05, 4.69) is 17.7 Å². The highest BCUT2D eigenvalue weighted by Crippen LogP contribution is 2.17. The van der Waals surface area contributed by atoms with Crippen molar-refractivity contribution in [1.82, 2.24) is 9.78 Å². The Morgan fingerprint density at radius 3 is 2.52 bits per heavy atom. The second-order valence-corrected chi connectivity index (χ2v) is 5.11. The van der Waals surface area contributed by atoms with Gasteiger partial charge in [0.05, 0.1) is 5.69 Å². The van der Waals surface area contributed by atoms with Crippen LogP contribution in [0.2, 0.25) is 5.02 Å². The highest BCUT2D eigenvalue weighted by atomic mass is 35.5. The van der Waals surface area contributed by atoms with Crippen molar-refractivity contribution in [2.45, 2.75) is 20.3 Å². The van der Waals surface area contributed by atoms with E-state index in [-0.39, 0.29) is 5.88 Å². The zero-order chi connectivity index (χ0) is 15.6. The average molecular weight is 325 g/mol. The molecule has 0 fully saturated rings. The van der Waals surface area contributed by atoms with Gasteiger partial charge in [0, 0.05) is 16.3 Å². The van der Waals surface area contributed by atoms with Crippen LogP contribution in [0.4, 0.5) is 4.79 Å². The lowest BCUT2D eigenvalue weighted by Crippen LogP contribution is -2.22. The van der Waals surface area contributed by atoms with Crippen molar-refractivity contribution in [3.8, 4) is 11.6 Å². The van der Waals surface area contributed by atoms with Crippen LogP contribution < -0.4 is 10.2 Å². The number of hydrogen-bond donors (Lipinski definition) is 1. The zero-order valence-electron chi connectivity index (χ0n) is 11.5. The number of benzene rings is 1. The Labute approximate surface area is 131 Å². The number of halogens is 1. The SMILES string of the molecule is CCc1c(C)n(-c2ccc(Cl)cc2)nc(OC(=O)S)c1=O. The highest BCUT2D eigenvalue weighted by molar-refractivity contribution is 7.96. The Balaban J connectivity index is 2.67. The predicted molar refractivity (Wildman–Crippen MR) is 84.0 cm³/mol. The molecule has 0 spiro atoms. The first kappa shape index (κ1) is 15.6. The number of aromatic nitrogens is 2. The number of nitrogens with zero attached hydrogens (tertiary/aromatic N) is 2. The van der Waals surface area contributed by atoms with Crippen LogP contribution in [0.1, 0.15) is 18.2 Å². The summed E-state index contributed by atoms with van der Waals surface area (Å²) in [6.45, 7) is 3.64. The zero-order valence-corrected chi connectivity index (χ0v) is 13.1. The number of thiol groups is 1. The topological polar surface area (TPSA) is 61.2 Å². The smallest absolute Gasteiger partial charge is 0.371 e. The lowest BCUT2D eigenvalue weighted by atomic mass is 10.1. The third-order valence-corrected chi connectivity index (χ3v) is 3.37. The molecule has 0 saturated heterocycles. The van der Waals surface area contributed by atoms with Crippen LogP contribution in [0.3, 0.4) is 0 Å². The molecule has 1 aromatic carbocycles. The van der Waals surface area contributed by atoms with E-state index >= 15 is 0 Å². The minimum atomic E-state index is -0.881. The van der Waals surface area contributed by atoms with Gasteiger partial charge in [-0.1, -0.05) is 31.2 Å². The van der Waals surface area contributed by atoms with E-state index in [1.54, 1.807) is 35.9 Å². The predicted octanol–water partition coefficient (Wildman–Crippen LogP) is 3.19. The van der Waals surface area contributed by atoms with Crippen LogP contribution in [-0.2, 0) is 6.42 Å². The fraction of sp³-hybridized carbons (Fsp3) is 0.214. The molecule has 110 valence electrons. The second-order valence-electron chi connectivity index (χ2n) is 4.31. The molecule has 1 heterocycles. The summed E-state index contributed by atoms with van der Waals surface area (Å²) in [6.07, 6.45) is 0.498. The van der Waals surface area contributed by atoms with Crippen molar-refractivity contribution in [3.63, 3.8) is 0 Å². The van der Waals surface area contributed by atoms with Gasteiger partial charge in [-0.3, -0.25) is 4.79 Å². The third-order valence-electron chi connectivity index (χ3n) is 3.02. The maximum Gasteiger partial charge on any atom is 0.371 e. The van der Waals surface area contributed by atoms with Gasteiger partial charge < -0.3 is 4.74 Å². The molecule has 0 aliphatic rings. The monoisotopic (exact) mass is 324 g/mol. The molecule has 2 rings (SSSR count). The summed E-state index contributed by atoms with van der Waals surface area (Å²) in [5.74, 6) is -0.285. The Morgan fingerprint density at radius 2 is 2.00 bits per heavy atom. The molecule has 21 heavy (non-hydrogen) atoms. The Morgan fingerprint density at radius 1 is 1.38 bits per heavy atom. The van der Waals surface area contributed by atoms with Gasteiger partial charge >= 0.3 is 5.30 Å². The molecule has 0 aliphatic heterocycles. The van der Waals surface area contributed by atoms with Crippen molar-refractivity contribution < 1.29 is 9.53 Å². The van der Waals surface area contributed by atoms with Gasteiger partial charge in [0.15, 0.2) is 0 Å². The van der Waals surface area contributed by atoms with Crippen LogP contribution in [0.5, 0.6) is 5.88 Å². The summed E-state index contributed by atoms with van der Waals surface area (Å²) >= 11 is 9.38. The maximum atomic E-state index is 12.2. The first-order valence-corrected chi connectivity index (χ1v) is 7.06. The summed E-state index contributed by atoms with van der Waals surface area (Å²) in [5, 5.41) is 3.80. The van der Waals surface area contributed by atoms with Gasteiger partial charge in [-0.2, -0.15) is 0 Å². The number of hydrogen-bond acceptors (Lipinski definition) is 4.